The number of aromatic nitrogens is 4. The molecule has 0 bridgehead atoms. The quantitative estimate of drug-likeness (QED) is 0.275. The van der Waals surface area contributed by atoms with Gasteiger partial charge in [-0.3, -0.25) is 9.69 Å². The van der Waals surface area contributed by atoms with Crippen LogP contribution in [0.3, 0.4) is 0 Å². The van der Waals surface area contributed by atoms with Gasteiger partial charge in [-0.25, -0.2) is 18.4 Å². The number of anilines is 1. The van der Waals surface area contributed by atoms with Gasteiger partial charge in [0.25, 0.3) is 0 Å². The molecule has 3 aromatic carbocycles. The van der Waals surface area contributed by atoms with Crippen LogP contribution in [0.2, 0.25) is 0 Å². The van der Waals surface area contributed by atoms with Crippen molar-refractivity contribution in [2.45, 2.75) is 12.8 Å². The molecular formula is C25H21F2N5O4. The zero-order valence-electron chi connectivity index (χ0n) is 19.2. The topological polar surface area (TPSA) is 99.3 Å². The molecule has 1 heterocycles. The minimum Gasteiger partial charge on any atom is -0.495 e. The maximum atomic E-state index is 14.2. The van der Waals surface area contributed by atoms with Gasteiger partial charge in [-0.1, -0.05) is 36.4 Å². The number of rotatable bonds is 8. The van der Waals surface area contributed by atoms with Gasteiger partial charge >= 0.3 is 11.7 Å². The lowest BCUT2D eigenvalue weighted by Gasteiger charge is -2.24. The van der Waals surface area contributed by atoms with Crippen LogP contribution in [0, 0.1) is 11.6 Å². The van der Waals surface area contributed by atoms with Crippen LogP contribution in [0.4, 0.5) is 19.3 Å². The number of aldehydes is 1. The first-order chi connectivity index (χ1) is 17.4. The monoisotopic (exact) mass is 493 g/mol. The van der Waals surface area contributed by atoms with Crippen LogP contribution in [0.1, 0.15) is 22.3 Å². The highest BCUT2D eigenvalue weighted by Gasteiger charge is 2.27. The fourth-order valence-corrected chi connectivity index (χ4v) is 3.71. The predicted octanol–water partition coefficient (Wildman–Crippen LogP) is 3.64. The van der Waals surface area contributed by atoms with E-state index in [4.69, 9.17) is 4.74 Å². The zero-order chi connectivity index (χ0) is 25.7. The number of nitrogens with zero attached hydrogens (tertiary/aromatic N) is 5. The lowest BCUT2D eigenvalue weighted by atomic mass is 10.1. The first-order valence-corrected chi connectivity index (χ1v) is 10.9. The SMILES string of the molecule is COc1ccc(C=O)cc1N(CCCc1ccccc1)C(=O)n1nnn(-c2c(F)cccc2F)c1=O. The number of aryl methyl sites for hydroxylation is 1. The summed E-state index contributed by atoms with van der Waals surface area (Å²) in [6.45, 7) is 0.111. The Morgan fingerprint density at radius 2 is 1.75 bits per heavy atom. The number of hydrogen-bond donors (Lipinski definition) is 0. The van der Waals surface area contributed by atoms with E-state index in [9.17, 15) is 23.2 Å². The fourth-order valence-electron chi connectivity index (χ4n) is 3.71. The number of para-hydroxylation sites is 1. The molecule has 0 saturated carbocycles. The van der Waals surface area contributed by atoms with Crippen molar-refractivity contribution in [3.8, 4) is 11.4 Å². The van der Waals surface area contributed by atoms with Crippen molar-refractivity contribution in [2.24, 2.45) is 0 Å². The highest BCUT2D eigenvalue weighted by Crippen LogP contribution is 2.30. The van der Waals surface area contributed by atoms with E-state index in [1.54, 1.807) is 0 Å². The van der Waals surface area contributed by atoms with Gasteiger partial charge in [0.15, 0.2) is 11.6 Å². The highest BCUT2D eigenvalue weighted by molar-refractivity contribution is 5.95. The number of benzene rings is 3. The molecule has 0 atom stereocenters. The molecule has 1 amide bonds. The van der Waals surface area contributed by atoms with Gasteiger partial charge in [0.1, 0.15) is 17.7 Å². The van der Waals surface area contributed by atoms with E-state index in [2.05, 4.69) is 10.4 Å². The van der Waals surface area contributed by atoms with Crippen molar-refractivity contribution in [1.29, 1.82) is 0 Å². The lowest BCUT2D eigenvalue weighted by molar-refractivity contribution is 0.112. The molecule has 0 aliphatic carbocycles. The summed E-state index contributed by atoms with van der Waals surface area (Å²) in [7, 11) is 1.40. The molecule has 11 heteroatoms. The molecule has 0 radical (unpaired) electrons. The third kappa shape index (κ3) is 4.90. The molecule has 0 aliphatic rings. The van der Waals surface area contributed by atoms with Gasteiger partial charge < -0.3 is 4.74 Å². The number of carbonyl (C=O) groups excluding carboxylic acids is 2. The number of amides is 1. The largest absolute Gasteiger partial charge is 0.495 e. The summed E-state index contributed by atoms with van der Waals surface area (Å²) in [6, 6.07) is 16.2. The van der Waals surface area contributed by atoms with E-state index in [0.29, 0.717) is 28.5 Å². The van der Waals surface area contributed by atoms with Gasteiger partial charge in [-0.05, 0) is 59.2 Å². The minimum absolute atomic E-state index is 0.111. The third-order valence-corrected chi connectivity index (χ3v) is 5.46. The molecule has 9 nitrogen and oxygen atoms in total. The smallest absolute Gasteiger partial charge is 0.377 e. The summed E-state index contributed by atoms with van der Waals surface area (Å²) in [5.74, 6) is -1.82. The number of ether oxygens (including phenoxy) is 1. The molecule has 0 saturated heterocycles. The maximum absolute atomic E-state index is 14.2. The van der Waals surface area contributed by atoms with E-state index < -0.39 is 29.0 Å². The molecule has 36 heavy (non-hydrogen) atoms. The number of tetrazole rings is 1. The summed E-state index contributed by atoms with van der Waals surface area (Å²) in [4.78, 5) is 39.1. The van der Waals surface area contributed by atoms with Crippen molar-refractivity contribution >= 4 is 18.0 Å². The van der Waals surface area contributed by atoms with E-state index >= 15 is 0 Å². The Bertz CT molecular complexity index is 1430. The summed E-state index contributed by atoms with van der Waals surface area (Å²) in [5.41, 5.74) is -0.383. The van der Waals surface area contributed by atoms with Crippen molar-refractivity contribution in [1.82, 2.24) is 19.8 Å². The van der Waals surface area contributed by atoms with Crippen LogP contribution in [-0.4, -0.2) is 45.8 Å². The molecule has 0 N–H and O–H groups in total. The van der Waals surface area contributed by atoms with Crippen LogP contribution < -0.4 is 15.3 Å². The zero-order valence-corrected chi connectivity index (χ0v) is 19.2. The Morgan fingerprint density at radius 3 is 2.42 bits per heavy atom. The van der Waals surface area contributed by atoms with E-state index in [0.717, 1.165) is 23.8 Å². The fraction of sp³-hybridized carbons (Fsp3) is 0.160. The number of carbonyl (C=O) groups is 2. The average molecular weight is 493 g/mol. The van der Waals surface area contributed by atoms with Crippen LogP contribution in [0.15, 0.2) is 71.5 Å². The molecular weight excluding hydrogens is 472 g/mol. The van der Waals surface area contributed by atoms with Gasteiger partial charge in [-0.2, -0.15) is 4.68 Å². The molecule has 0 fully saturated rings. The van der Waals surface area contributed by atoms with E-state index in [1.165, 1.54) is 30.2 Å². The number of halogens is 2. The number of methoxy groups -OCH3 is 1. The minimum atomic E-state index is -1.16. The van der Waals surface area contributed by atoms with Crippen molar-refractivity contribution in [3.63, 3.8) is 0 Å². The Morgan fingerprint density at radius 1 is 1.03 bits per heavy atom. The Labute approximate surface area is 204 Å². The van der Waals surface area contributed by atoms with E-state index in [-0.39, 0.29) is 23.5 Å². The van der Waals surface area contributed by atoms with Gasteiger partial charge in [0, 0.05) is 12.1 Å². The maximum Gasteiger partial charge on any atom is 0.377 e. The molecule has 0 aliphatic heterocycles. The van der Waals surface area contributed by atoms with Gasteiger partial charge in [0.05, 0.1) is 12.8 Å². The van der Waals surface area contributed by atoms with Gasteiger partial charge in [0.2, 0.25) is 0 Å². The normalized spacial score (nSPS) is 10.8. The van der Waals surface area contributed by atoms with E-state index in [1.807, 2.05) is 30.3 Å². The molecule has 4 aromatic rings. The van der Waals surface area contributed by atoms with Crippen molar-refractivity contribution in [2.75, 3.05) is 18.6 Å². The third-order valence-electron chi connectivity index (χ3n) is 5.46. The lowest BCUT2D eigenvalue weighted by Crippen LogP contribution is -2.42. The van der Waals surface area contributed by atoms with Crippen molar-refractivity contribution in [3.05, 3.63) is 100.0 Å². The molecule has 1 aromatic heterocycles. The molecule has 4 rings (SSSR count). The molecule has 0 unspecified atom stereocenters. The highest BCUT2D eigenvalue weighted by atomic mass is 19.1. The summed E-state index contributed by atoms with van der Waals surface area (Å²) in [5, 5.41) is 7.08. The summed E-state index contributed by atoms with van der Waals surface area (Å²) < 4.78 is 34.6. The first kappa shape index (κ1) is 24.5. The second-order valence-electron chi connectivity index (χ2n) is 7.73. The Hall–Kier alpha value is -4.67. The Balaban J connectivity index is 1.73. The Kier molecular flexibility index (Phi) is 7.28. The van der Waals surface area contributed by atoms with Crippen LogP contribution in [-0.2, 0) is 6.42 Å². The predicted molar refractivity (Wildman–Crippen MR) is 127 cm³/mol. The average Bonchev–Trinajstić information content (AvgIpc) is 3.27. The summed E-state index contributed by atoms with van der Waals surface area (Å²) in [6.07, 6.45) is 1.70. The van der Waals surface area contributed by atoms with Gasteiger partial charge in [-0.15, -0.1) is 4.68 Å². The van der Waals surface area contributed by atoms with Crippen LogP contribution in [0.25, 0.3) is 5.69 Å². The van der Waals surface area contributed by atoms with Crippen LogP contribution >= 0.6 is 0 Å². The van der Waals surface area contributed by atoms with Crippen LogP contribution in [0.5, 0.6) is 5.75 Å². The second-order valence-corrected chi connectivity index (χ2v) is 7.73. The molecule has 184 valence electrons. The first-order valence-electron chi connectivity index (χ1n) is 10.9. The number of hydrogen-bond acceptors (Lipinski definition) is 6. The summed E-state index contributed by atoms with van der Waals surface area (Å²) >= 11 is 0. The standard InChI is InChI=1S/C25H21F2N5O4/c1-36-22-13-12-18(16-33)15-21(22)30(14-6-9-17-7-3-2-4-8-17)24(34)32-25(35)31(28-29-32)23-19(26)10-5-11-20(23)27/h2-5,7-8,10-13,15-16H,6,9,14H2,1H3. The van der Waals surface area contributed by atoms with Crippen molar-refractivity contribution < 1.29 is 23.1 Å². The molecule has 0 spiro atoms. The second kappa shape index (κ2) is 10.7.